The summed E-state index contributed by atoms with van der Waals surface area (Å²) in [6.07, 6.45) is 7.77. The molecule has 2 nitrogen and oxygen atoms in total. The molecule has 3 aromatic rings. The topological polar surface area (TPSA) is 17.3 Å². The third-order valence-electron chi connectivity index (χ3n) is 2.30. The van der Waals surface area contributed by atoms with Gasteiger partial charge < -0.3 is 4.40 Å². The first-order chi connectivity index (χ1) is 6.45. The second kappa shape index (κ2) is 2.33. The molecule has 3 rings (SSSR count). The third-order valence-corrected chi connectivity index (χ3v) is 2.30. The summed E-state index contributed by atoms with van der Waals surface area (Å²) in [7, 11) is 0. The maximum Gasteiger partial charge on any atom is 0.0713 e. The number of aromatic nitrogens is 2. The van der Waals surface area contributed by atoms with Gasteiger partial charge in [-0.05, 0) is 0 Å². The summed E-state index contributed by atoms with van der Waals surface area (Å²) >= 11 is 0. The van der Waals surface area contributed by atoms with Crippen molar-refractivity contribution in [1.29, 1.82) is 0 Å². The summed E-state index contributed by atoms with van der Waals surface area (Å²) in [5.41, 5.74) is 1.16. The molecule has 13 heavy (non-hydrogen) atoms. The van der Waals surface area contributed by atoms with Crippen LogP contribution in [0, 0.1) is 0 Å². The molecule has 2 heterocycles. The van der Waals surface area contributed by atoms with E-state index in [1.54, 1.807) is 6.20 Å². The van der Waals surface area contributed by atoms with E-state index in [1.165, 1.54) is 10.8 Å². The van der Waals surface area contributed by atoms with Gasteiger partial charge in [0.1, 0.15) is 0 Å². The molecule has 0 aliphatic carbocycles. The van der Waals surface area contributed by atoms with Crippen LogP contribution in [0.4, 0.5) is 0 Å². The van der Waals surface area contributed by atoms with Gasteiger partial charge in [-0.3, -0.25) is 4.98 Å². The maximum absolute atomic E-state index is 4.11. The fraction of sp³-hybridized carbons (Fsp3) is 0. The van der Waals surface area contributed by atoms with E-state index >= 15 is 0 Å². The quantitative estimate of drug-likeness (QED) is 0.504. The number of rotatable bonds is 0. The van der Waals surface area contributed by atoms with Gasteiger partial charge in [0, 0.05) is 29.4 Å². The molecule has 0 bridgehead atoms. The lowest BCUT2D eigenvalue weighted by atomic mass is 10.2. The van der Waals surface area contributed by atoms with Gasteiger partial charge >= 0.3 is 0 Å². The molecule has 0 saturated carbocycles. The first-order valence-electron chi connectivity index (χ1n) is 4.24. The van der Waals surface area contributed by atoms with Crippen LogP contribution in [0.1, 0.15) is 0 Å². The first-order valence-corrected chi connectivity index (χ1v) is 4.24. The molecule has 2 aromatic heterocycles. The Kier molecular flexibility index (Phi) is 1.19. The van der Waals surface area contributed by atoms with Crippen LogP contribution in [-0.2, 0) is 0 Å². The fourth-order valence-corrected chi connectivity index (χ4v) is 1.68. The van der Waals surface area contributed by atoms with Crippen LogP contribution in [0.5, 0.6) is 0 Å². The molecular formula is C11H8N2. The number of fused-ring (bicyclic) bond motifs is 3. The molecule has 0 radical (unpaired) electrons. The van der Waals surface area contributed by atoms with E-state index in [4.69, 9.17) is 0 Å². The third kappa shape index (κ3) is 0.855. The second-order valence-corrected chi connectivity index (χ2v) is 3.09. The molecule has 1 aromatic carbocycles. The molecule has 62 valence electrons. The van der Waals surface area contributed by atoms with Crippen LogP contribution >= 0.6 is 0 Å². The van der Waals surface area contributed by atoms with E-state index in [0.717, 1.165) is 5.52 Å². The number of nitrogens with zero attached hydrogens (tertiary/aromatic N) is 2. The minimum Gasteiger partial charge on any atom is -0.320 e. The zero-order chi connectivity index (χ0) is 8.67. The van der Waals surface area contributed by atoms with Gasteiger partial charge in [0.05, 0.1) is 11.7 Å². The van der Waals surface area contributed by atoms with Crippen molar-refractivity contribution >= 4 is 16.3 Å². The monoisotopic (exact) mass is 168 g/mol. The van der Waals surface area contributed by atoms with E-state index in [9.17, 15) is 0 Å². The Morgan fingerprint density at radius 2 is 2.08 bits per heavy atom. The minimum atomic E-state index is 1.16. The summed E-state index contributed by atoms with van der Waals surface area (Å²) in [6.45, 7) is 0. The van der Waals surface area contributed by atoms with Crippen molar-refractivity contribution in [2.45, 2.75) is 0 Å². The Bertz CT molecular complexity index is 516. The number of benzene rings is 1. The lowest BCUT2D eigenvalue weighted by molar-refractivity contribution is 1.15. The highest BCUT2D eigenvalue weighted by molar-refractivity contribution is 5.96. The molecule has 0 saturated heterocycles. The van der Waals surface area contributed by atoms with Crippen LogP contribution < -0.4 is 0 Å². The summed E-state index contributed by atoms with van der Waals surface area (Å²) in [5.74, 6) is 0. The SMILES string of the molecule is c1ccc2c(c1)cn1ccncc21. The molecule has 0 spiro atoms. The normalized spacial score (nSPS) is 11.1. The van der Waals surface area contributed by atoms with Crippen molar-refractivity contribution in [3.05, 3.63) is 49.1 Å². The number of hydrogen-bond acceptors (Lipinski definition) is 1. The Morgan fingerprint density at radius 1 is 1.15 bits per heavy atom. The highest BCUT2D eigenvalue weighted by Gasteiger charge is 1.99. The predicted octanol–water partition coefficient (Wildman–Crippen LogP) is 2.49. The molecule has 0 amide bonds. The largest absolute Gasteiger partial charge is 0.320 e. The van der Waals surface area contributed by atoms with Crippen LogP contribution in [0.15, 0.2) is 49.1 Å². The zero-order valence-electron chi connectivity index (χ0n) is 7.01. The lowest BCUT2D eigenvalue weighted by Gasteiger charge is -1.90. The molecule has 0 aliphatic rings. The average molecular weight is 168 g/mol. The highest BCUT2D eigenvalue weighted by atomic mass is 14.9. The van der Waals surface area contributed by atoms with E-state index < -0.39 is 0 Å². The van der Waals surface area contributed by atoms with Crippen molar-refractivity contribution < 1.29 is 0 Å². The van der Waals surface area contributed by atoms with Crippen molar-refractivity contribution in [2.75, 3.05) is 0 Å². The Hall–Kier alpha value is -1.83. The van der Waals surface area contributed by atoms with Crippen LogP contribution in [0.2, 0.25) is 0 Å². The maximum atomic E-state index is 4.11. The Balaban J connectivity index is 2.64. The summed E-state index contributed by atoms with van der Waals surface area (Å²) in [6, 6.07) is 8.33. The number of hydrogen-bond donors (Lipinski definition) is 0. The van der Waals surface area contributed by atoms with Crippen molar-refractivity contribution in [3.63, 3.8) is 0 Å². The molecule has 0 N–H and O–H groups in total. The van der Waals surface area contributed by atoms with E-state index in [2.05, 4.69) is 39.8 Å². The van der Waals surface area contributed by atoms with E-state index in [-0.39, 0.29) is 0 Å². The predicted molar refractivity (Wildman–Crippen MR) is 52.7 cm³/mol. The van der Waals surface area contributed by atoms with Gasteiger partial charge in [-0.15, -0.1) is 0 Å². The van der Waals surface area contributed by atoms with Gasteiger partial charge in [-0.25, -0.2) is 0 Å². The zero-order valence-corrected chi connectivity index (χ0v) is 7.01. The van der Waals surface area contributed by atoms with E-state index in [0.29, 0.717) is 0 Å². The standard InChI is InChI=1S/C11H8N2/c1-2-4-10-9(3-1)8-13-6-5-12-7-11(10)13/h1-8H. The van der Waals surface area contributed by atoms with E-state index in [1.807, 2.05) is 12.4 Å². The minimum absolute atomic E-state index is 1.16. The van der Waals surface area contributed by atoms with Gasteiger partial charge in [0.15, 0.2) is 0 Å². The molecular weight excluding hydrogens is 160 g/mol. The summed E-state index contributed by atoms with van der Waals surface area (Å²) in [4.78, 5) is 4.11. The average Bonchev–Trinajstić information content (AvgIpc) is 2.56. The summed E-state index contributed by atoms with van der Waals surface area (Å²) in [5, 5.41) is 2.52. The molecule has 0 atom stereocenters. The van der Waals surface area contributed by atoms with Crippen molar-refractivity contribution in [1.82, 2.24) is 9.38 Å². The molecule has 2 heteroatoms. The highest BCUT2D eigenvalue weighted by Crippen LogP contribution is 2.20. The Labute approximate surface area is 75.5 Å². The molecule has 0 aliphatic heterocycles. The van der Waals surface area contributed by atoms with Gasteiger partial charge in [0.25, 0.3) is 0 Å². The molecule has 0 unspecified atom stereocenters. The van der Waals surface area contributed by atoms with Crippen LogP contribution in [-0.4, -0.2) is 9.38 Å². The smallest absolute Gasteiger partial charge is 0.0713 e. The Morgan fingerprint density at radius 3 is 3.08 bits per heavy atom. The van der Waals surface area contributed by atoms with Gasteiger partial charge in [-0.2, -0.15) is 0 Å². The first kappa shape index (κ1) is 6.66. The van der Waals surface area contributed by atoms with Crippen LogP contribution in [0.3, 0.4) is 0 Å². The van der Waals surface area contributed by atoms with Crippen molar-refractivity contribution in [2.24, 2.45) is 0 Å². The van der Waals surface area contributed by atoms with Crippen molar-refractivity contribution in [3.8, 4) is 0 Å². The van der Waals surface area contributed by atoms with Crippen LogP contribution in [0.25, 0.3) is 16.3 Å². The summed E-state index contributed by atoms with van der Waals surface area (Å²) < 4.78 is 2.09. The molecule has 0 fully saturated rings. The van der Waals surface area contributed by atoms with Gasteiger partial charge in [0.2, 0.25) is 0 Å². The van der Waals surface area contributed by atoms with Gasteiger partial charge in [-0.1, -0.05) is 24.3 Å². The lowest BCUT2D eigenvalue weighted by Crippen LogP contribution is -1.80. The fourth-order valence-electron chi connectivity index (χ4n) is 1.68. The second-order valence-electron chi connectivity index (χ2n) is 3.09.